The topological polar surface area (TPSA) is 57.2 Å². The third-order valence-electron chi connectivity index (χ3n) is 3.65. The van der Waals surface area contributed by atoms with Gasteiger partial charge in [-0.1, -0.05) is 31.5 Å². The summed E-state index contributed by atoms with van der Waals surface area (Å²) in [6.45, 7) is 5.67. The fourth-order valence-corrected chi connectivity index (χ4v) is 2.48. The zero-order valence-electron chi connectivity index (χ0n) is 13.3. The Morgan fingerprint density at radius 3 is 2.68 bits per heavy atom. The molecule has 0 unspecified atom stereocenters. The molecule has 0 saturated carbocycles. The second-order valence-electron chi connectivity index (χ2n) is 5.22. The average molecular weight is 300 g/mol. The smallest absolute Gasteiger partial charge is 0.255 e. The van der Waals surface area contributed by atoms with Crippen LogP contribution in [0.5, 0.6) is 5.75 Å². The number of nitrogens with two attached hydrogens (primary N) is 1. The third-order valence-corrected chi connectivity index (χ3v) is 3.65. The van der Waals surface area contributed by atoms with Crippen molar-refractivity contribution in [2.45, 2.75) is 39.8 Å². The Hall–Kier alpha value is -2.07. The Labute approximate surface area is 131 Å². The molecule has 2 aromatic rings. The average Bonchev–Trinajstić information content (AvgIpc) is 2.54. The van der Waals surface area contributed by atoms with Crippen molar-refractivity contribution >= 4 is 0 Å². The van der Waals surface area contributed by atoms with Crippen LogP contribution in [0.3, 0.4) is 0 Å². The monoisotopic (exact) mass is 300 g/mol. The molecule has 0 aliphatic heterocycles. The van der Waals surface area contributed by atoms with Gasteiger partial charge in [-0.05, 0) is 31.5 Å². The predicted molar refractivity (Wildman–Crippen MR) is 90.1 cm³/mol. The summed E-state index contributed by atoms with van der Waals surface area (Å²) in [4.78, 5) is 12.6. The normalized spacial score (nSPS) is 10.7. The maximum absolute atomic E-state index is 12.6. The molecule has 0 amide bonds. The summed E-state index contributed by atoms with van der Waals surface area (Å²) < 4.78 is 7.39. The molecule has 1 aromatic carbocycles. The Morgan fingerprint density at radius 1 is 1.18 bits per heavy atom. The summed E-state index contributed by atoms with van der Waals surface area (Å²) in [6.07, 6.45) is 2.00. The summed E-state index contributed by atoms with van der Waals surface area (Å²) in [6, 6.07) is 11.7. The molecular formula is C18H24N2O2. The quantitative estimate of drug-likeness (QED) is 0.854. The van der Waals surface area contributed by atoms with Crippen molar-refractivity contribution in [1.29, 1.82) is 0 Å². The molecule has 0 atom stereocenters. The molecule has 0 aliphatic carbocycles. The van der Waals surface area contributed by atoms with Crippen molar-refractivity contribution in [2.24, 2.45) is 5.73 Å². The van der Waals surface area contributed by atoms with Crippen molar-refractivity contribution in [3.63, 3.8) is 0 Å². The number of benzene rings is 1. The molecule has 22 heavy (non-hydrogen) atoms. The Bertz CT molecular complexity index is 677. The first-order chi connectivity index (χ1) is 10.7. The SMILES string of the molecule is CCCCn1c(-c2cccc(OCC)c2)ccc(CN)c1=O. The van der Waals surface area contributed by atoms with E-state index in [2.05, 4.69) is 6.92 Å². The van der Waals surface area contributed by atoms with Gasteiger partial charge in [-0.3, -0.25) is 4.79 Å². The lowest BCUT2D eigenvalue weighted by Crippen LogP contribution is -2.26. The lowest BCUT2D eigenvalue weighted by molar-refractivity contribution is 0.340. The molecule has 0 fully saturated rings. The van der Waals surface area contributed by atoms with Crippen molar-refractivity contribution in [1.82, 2.24) is 4.57 Å². The van der Waals surface area contributed by atoms with E-state index in [9.17, 15) is 4.79 Å². The maximum Gasteiger partial charge on any atom is 0.255 e. The van der Waals surface area contributed by atoms with Crippen LogP contribution in [0.4, 0.5) is 0 Å². The van der Waals surface area contributed by atoms with Gasteiger partial charge in [0.2, 0.25) is 0 Å². The molecule has 0 aliphatic rings. The largest absolute Gasteiger partial charge is 0.494 e. The zero-order chi connectivity index (χ0) is 15.9. The highest BCUT2D eigenvalue weighted by Gasteiger charge is 2.10. The molecule has 0 spiro atoms. The van der Waals surface area contributed by atoms with Gasteiger partial charge in [0.25, 0.3) is 5.56 Å². The molecule has 2 rings (SSSR count). The van der Waals surface area contributed by atoms with Gasteiger partial charge < -0.3 is 15.0 Å². The summed E-state index contributed by atoms with van der Waals surface area (Å²) in [5.74, 6) is 0.817. The van der Waals surface area contributed by atoms with E-state index in [1.165, 1.54) is 0 Å². The van der Waals surface area contributed by atoms with Crippen LogP contribution in [0.1, 0.15) is 32.3 Å². The van der Waals surface area contributed by atoms with Crippen molar-refractivity contribution in [3.8, 4) is 17.0 Å². The molecule has 1 aromatic heterocycles. The van der Waals surface area contributed by atoms with Gasteiger partial charge in [0.1, 0.15) is 5.75 Å². The van der Waals surface area contributed by atoms with Gasteiger partial charge >= 0.3 is 0 Å². The molecule has 1 heterocycles. The van der Waals surface area contributed by atoms with Crippen LogP contribution >= 0.6 is 0 Å². The molecular weight excluding hydrogens is 276 g/mol. The van der Waals surface area contributed by atoms with Crippen LogP contribution < -0.4 is 16.0 Å². The van der Waals surface area contributed by atoms with Crippen molar-refractivity contribution in [3.05, 3.63) is 52.3 Å². The number of nitrogens with zero attached hydrogens (tertiary/aromatic N) is 1. The minimum absolute atomic E-state index is 0.00950. The van der Waals surface area contributed by atoms with Crippen molar-refractivity contribution in [2.75, 3.05) is 6.61 Å². The highest BCUT2D eigenvalue weighted by atomic mass is 16.5. The van der Waals surface area contributed by atoms with E-state index in [0.29, 0.717) is 18.7 Å². The van der Waals surface area contributed by atoms with Crippen LogP contribution in [0.15, 0.2) is 41.2 Å². The van der Waals surface area contributed by atoms with E-state index >= 15 is 0 Å². The van der Waals surface area contributed by atoms with E-state index in [1.54, 1.807) is 0 Å². The lowest BCUT2D eigenvalue weighted by atomic mass is 10.1. The van der Waals surface area contributed by atoms with Gasteiger partial charge in [0, 0.05) is 24.2 Å². The van der Waals surface area contributed by atoms with E-state index in [1.807, 2.05) is 47.9 Å². The fraction of sp³-hybridized carbons (Fsp3) is 0.389. The second-order valence-corrected chi connectivity index (χ2v) is 5.22. The van der Waals surface area contributed by atoms with Gasteiger partial charge in [0.05, 0.1) is 12.3 Å². The lowest BCUT2D eigenvalue weighted by Gasteiger charge is -2.15. The minimum Gasteiger partial charge on any atom is -0.494 e. The summed E-state index contributed by atoms with van der Waals surface area (Å²) in [5.41, 5.74) is 8.23. The second kappa shape index (κ2) is 7.80. The molecule has 0 bridgehead atoms. The first-order valence-electron chi connectivity index (χ1n) is 7.87. The molecule has 2 N–H and O–H groups in total. The van der Waals surface area contributed by atoms with Crippen LogP contribution in [-0.2, 0) is 13.1 Å². The van der Waals surface area contributed by atoms with Gasteiger partial charge in [-0.15, -0.1) is 0 Å². The molecule has 118 valence electrons. The standard InChI is InChI=1S/C18H24N2O2/c1-3-5-11-20-17(10-9-15(13-19)18(20)21)14-7-6-8-16(12-14)22-4-2/h6-10,12H,3-5,11,13,19H2,1-2H3. The predicted octanol–water partition coefficient (Wildman–Crippen LogP) is 3.17. The van der Waals surface area contributed by atoms with Crippen LogP contribution in [0, 0.1) is 0 Å². The highest BCUT2D eigenvalue weighted by molar-refractivity contribution is 5.62. The van der Waals surface area contributed by atoms with Crippen molar-refractivity contribution < 1.29 is 4.74 Å². The number of ether oxygens (including phenoxy) is 1. The molecule has 0 radical (unpaired) electrons. The van der Waals surface area contributed by atoms with E-state index < -0.39 is 0 Å². The first kappa shape index (κ1) is 16.3. The first-order valence-corrected chi connectivity index (χ1v) is 7.87. The number of pyridine rings is 1. The maximum atomic E-state index is 12.6. The van der Waals surface area contributed by atoms with Gasteiger partial charge in [-0.25, -0.2) is 0 Å². The van der Waals surface area contributed by atoms with Gasteiger partial charge in [0.15, 0.2) is 0 Å². The Balaban J connectivity index is 2.51. The van der Waals surface area contributed by atoms with Crippen LogP contribution in [-0.4, -0.2) is 11.2 Å². The molecule has 4 heteroatoms. The van der Waals surface area contributed by atoms with Crippen LogP contribution in [0.25, 0.3) is 11.3 Å². The van der Waals surface area contributed by atoms with E-state index in [0.717, 1.165) is 29.8 Å². The zero-order valence-corrected chi connectivity index (χ0v) is 13.3. The van der Waals surface area contributed by atoms with E-state index in [4.69, 9.17) is 10.5 Å². The van der Waals surface area contributed by atoms with E-state index in [-0.39, 0.29) is 12.1 Å². The molecule has 0 saturated heterocycles. The number of aromatic nitrogens is 1. The number of hydrogen-bond acceptors (Lipinski definition) is 3. The summed E-state index contributed by atoms with van der Waals surface area (Å²) in [5, 5.41) is 0. The summed E-state index contributed by atoms with van der Waals surface area (Å²) >= 11 is 0. The summed E-state index contributed by atoms with van der Waals surface area (Å²) in [7, 11) is 0. The minimum atomic E-state index is 0.00950. The Kier molecular flexibility index (Phi) is 5.78. The molecule has 4 nitrogen and oxygen atoms in total. The third kappa shape index (κ3) is 3.57. The number of rotatable bonds is 7. The highest BCUT2D eigenvalue weighted by Crippen LogP contribution is 2.23. The number of hydrogen-bond donors (Lipinski definition) is 1. The van der Waals surface area contributed by atoms with Crippen LogP contribution in [0.2, 0.25) is 0 Å². The fourth-order valence-electron chi connectivity index (χ4n) is 2.48. The van der Waals surface area contributed by atoms with Gasteiger partial charge in [-0.2, -0.15) is 0 Å². The Morgan fingerprint density at radius 2 is 2.00 bits per heavy atom. The number of unbranched alkanes of at least 4 members (excludes halogenated alkanes) is 1.